The molecule has 0 radical (unpaired) electrons. The Balaban J connectivity index is 2.15. The van der Waals surface area contributed by atoms with Crippen LogP contribution in [0.25, 0.3) is 0 Å². The molecule has 0 saturated carbocycles. The summed E-state index contributed by atoms with van der Waals surface area (Å²) in [7, 11) is -3.58. The van der Waals surface area contributed by atoms with Gasteiger partial charge in [0.25, 0.3) is 5.91 Å². The monoisotopic (exact) mass is 289 g/mol. The Morgan fingerprint density at radius 1 is 1.61 bits per heavy atom. The number of nitrogens with zero attached hydrogens (tertiary/aromatic N) is 2. The van der Waals surface area contributed by atoms with Crippen LogP contribution < -0.4 is 5.14 Å². The van der Waals surface area contributed by atoms with E-state index in [1.807, 2.05) is 0 Å². The number of rotatable bonds is 2. The highest BCUT2D eigenvalue weighted by Gasteiger charge is 2.31. The summed E-state index contributed by atoms with van der Waals surface area (Å²) in [5.74, 6) is -0.150. The van der Waals surface area contributed by atoms with Crippen molar-refractivity contribution in [1.29, 1.82) is 0 Å². The molecule has 1 aliphatic heterocycles. The SMILES string of the molecule is Cc1ncsc1C(=O)N1CCCC(S(N)(=O)=O)C1. The van der Waals surface area contributed by atoms with Gasteiger partial charge in [-0.3, -0.25) is 4.79 Å². The molecule has 100 valence electrons. The molecule has 18 heavy (non-hydrogen) atoms. The number of likely N-dealkylation sites (tertiary alicyclic amines) is 1. The lowest BCUT2D eigenvalue weighted by molar-refractivity contribution is 0.0731. The number of primary sulfonamides is 1. The smallest absolute Gasteiger partial charge is 0.265 e. The minimum Gasteiger partial charge on any atom is -0.337 e. The molecule has 1 aliphatic rings. The third-order valence-electron chi connectivity index (χ3n) is 3.07. The van der Waals surface area contributed by atoms with Crippen LogP contribution in [0.15, 0.2) is 5.51 Å². The third kappa shape index (κ3) is 2.70. The van der Waals surface area contributed by atoms with E-state index in [0.29, 0.717) is 30.0 Å². The van der Waals surface area contributed by atoms with Gasteiger partial charge in [-0.25, -0.2) is 18.5 Å². The van der Waals surface area contributed by atoms with E-state index in [1.165, 1.54) is 11.3 Å². The third-order valence-corrected chi connectivity index (χ3v) is 5.30. The van der Waals surface area contributed by atoms with Gasteiger partial charge in [0, 0.05) is 13.1 Å². The normalized spacial score (nSPS) is 21.0. The van der Waals surface area contributed by atoms with Crippen molar-refractivity contribution in [2.75, 3.05) is 13.1 Å². The van der Waals surface area contributed by atoms with E-state index in [0.717, 1.165) is 0 Å². The van der Waals surface area contributed by atoms with E-state index in [1.54, 1.807) is 17.3 Å². The number of hydrogen-bond acceptors (Lipinski definition) is 5. The van der Waals surface area contributed by atoms with Crippen molar-refractivity contribution >= 4 is 27.3 Å². The largest absolute Gasteiger partial charge is 0.337 e. The van der Waals surface area contributed by atoms with Gasteiger partial charge in [-0.15, -0.1) is 11.3 Å². The Hall–Kier alpha value is -0.990. The van der Waals surface area contributed by atoms with Crippen LogP contribution in [-0.2, 0) is 10.0 Å². The molecule has 2 heterocycles. The summed E-state index contributed by atoms with van der Waals surface area (Å²) in [6.45, 7) is 2.52. The number of carbonyl (C=O) groups excluding carboxylic acids is 1. The maximum Gasteiger partial charge on any atom is 0.265 e. The van der Waals surface area contributed by atoms with Crippen molar-refractivity contribution in [3.8, 4) is 0 Å². The van der Waals surface area contributed by atoms with Gasteiger partial charge in [0.05, 0.1) is 16.5 Å². The molecule has 1 unspecified atom stereocenters. The Labute approximate surface area is 110 Å². The van der Waals surface area contributed by atoms with E-state index < -0.39 is 15.3 Å². The van der Waals surface area contributed by atoms with Crippen LogP contribution in [0, 0.1) is 6.92 Å². The summed E-state index contributed by atoms with van der Waals surface area (Å²) < 4.78 is 22.7. The highest BCUT2D eigenvalue weighted by Crippen LogP contribution is 2.20. The van der Waals surface area contributed by atoms with Crippen molar-refractivity contribution in [1.82, 2.24) is 9.88 Å². The molecule has 0 aliphatic carbocycles. The fraction of sp³-hybridized carbons (Fsp3) is 0.600. The second-order valence-corrected chi connectivity index (χ2v) is 7.07. The number of thiazole rings is 1. The van der Waals surface area contributed by atoms with Crippen LogP contribution in [0.2, 0.25) is 0 Å². The lowest BCUT2D eigenvalue weighted by Crippen LogP contribution is -2.47. The molecule has 6 nitrogen and oxygen atoms in total. The predicted molar refractivity (Wildman–Crippen MR) is 68.9 cm³/mol. The summed E-state index contributed by atoms with van der Waals surface area (Å²) in [6, 6.07) is 0. The maximum absolute atomic E-state index is 12.2. The molecule has 1 fully saturated rings. The van der Waals surface area contributed by atoms with Crippen molar-refractivity contribution in [3.63, 3.8) is 0 Å². The van der Waals surface area contributed by atoms with Gasteiger partial charge < -0.3 is 4.90 Å². The topological polar surface area (TPSA) is 93.4 Å². The van der Waals surface area contributed by atoms with Gasteiger partial charge in [-0.1, -0.05) is 0 Å². The predicted octanol–water partition coefficient (Wildman–Crippen LogP) is 0.345. The minimum atomic E-state index is -3.58. The maximum atomic E-state index is 12.2. The van der Waals surface area contributed by atoms with Crippen molar-refractivity contribution in [2.45, 2.75) is 25.0 Å². The highest BCUT2D eigenvalue weighted by molar-refractivity contribution is 7.89. The summed E-state index contributed by atoms with van der Waals surface area (Å²) in [5, 5.41) is 4.50. The van der Waals surface area contributed by atoms with Crippen molar-refractivity contribution < 1.29 is 13.2 Å². The molecule has 2 rings (SSSR count). The molecule has 0 bridgehead atoms. The van der Waals surface area contributed by atoms with Gasteiger partial charge in [0.1, 0.15) is 4.88 Å². The Bertz CT molecular complexity index is 552. The van der Waals surface area contributed by atoms with Gasteiger partial charge in [-0.05, 0) is 19.8 Å². The first-order valence-corrected chi connectivity index (χ1v) is 8.09. The molecule has 2 N–H and O–H groups in total. The number of sulfonamides is 1. The fourth-order valence-electron chi connectivity index (χ4n) is 2.04. The van der Waals surface area contributed by atoms with E-state index in [2.05, 4.69) is 4.98 Å². The summed E-state index contributed by atoms with van der Waals surface area (Å²) in [5.41, 5.74) is 2.30. The minimum absolute atomic E-state index is 0.150. The molecule has 1 saturated heterocycles. The van der Waals surface area contributed by atoms with Crippen LogP contribution in [0.4, 0.5) is 0 Å². The van der Waals surface area contributed by atoms with E-state index in [-0.39, 0.29) is 12.5 Å². The average molecular weight is 289 g/mol. The van der Waals surface area contributed by atoms with Crippen molar-refractivity contribution in [3.05, 3.63) is 16.1 Å². The Morgan fingerprint density at radius 2 is 2.33 bits per heavy atom. The average Bonchev–Trinajstić information content (AvgIpc) is 2.73. The van der Waals surface area contributed by atoms with E-state index in [4.69, 9.17) is 5.14 Å². The van der Waals surface area contributed by atoms with Crippen LogP contribution in [-0.4, -0.2) is 42.5 Å². The van der Waals surface area contributed by atoms with Gasteiger partial charge in [-0.2, -0.15) is 0 Å². The zero-order valence-electron chi connectivity index (χ0n) is 10.00. The quantitative estimate of drug-likeness (QED) is 0.849. The second kappa shape index (κ2) is 4.94. The lowest BCUT2D eigenvalue weighted by atomic mass is 10.1. The van der Waals surface area contributed by atoms with E-state index in [9.17, 15) is 13.2 Å². The Morgan fingerprint density at radius 3 is 2.89 bits per heavy atom. The molecule has 1 aromatic rings. The number of amides is 1. The molecule has 0 spiro atoms. The first-order chi connectivity index (χ1) is 8.39. The van der Waals surface area contributed by atoms with Gasteiger partial charge >= 0.3 is 0 Å². The standard InChI is InChI=1S/C10H15N3O3S2/c1-7-9(17-6-12-7)10(14)13-4-2-3-8(5-13)18(11,15)16/h6,8H,2-5H2,1H3,(H2,11,15,16). The number of hydrogen-bond donors (Lipinski definition) is 1. The number of nitrogens with two attached hydrogens (primary N) is 1. The zero-order chi connectivity index (χ0) is 13.3. The molecule has 1 atom stereocenters. The van der Waals surface area contributed by atoms with Crippen molar-refractivity contribution in [2.24, 2.45) is 5.14 Å². The molecule has 1 aromatic heterocycles. The van der Waals surface area contributed by atoms with Crippen LogP contribution in [0.3, 0.4) is 0 Å². The van der Waals surface area contributed by atoms with Crippen LogP contribution >= 0.6 is 11.3 Å². The Kier molecular flexibility index (Phi) is 3.69. The van der Waals surface area contributed by atoms with Gasteiger partial charge in [0.2, 0.25) is 10.0 Å². The number of carbonyl (C=O) groups is 1. The summed E-state index contributed by atoms with van der Waals surface area (Å²) >= 11 is 1.28. The number of aryl methyl sites for hydroxylation is 1. The second-order valence-electron chi connectivity index (χ2n) is 4.37. The highest BCUT2D eigenvalue weighted by atomic mass is 32.2. The first-order valence-electron chi connectivity index (χ1n) is 5.60. The fourth-order valence-corrected chi connectivity index (χ4v) is 3.69. The zero-order valence-corrected chi connectivity index (χ0v) is 11.6. The lowest BCUT2D eigenvalue weighted by Gasteiger charge is -2.31. The molecular formula is C10H15N3O3S2. The van der Waals surface area contributed by atoms with Crippen LogP contribution in [0.1, 0.15) is 28.2 Å². The number of piperidine rings is 1. The number of aromatic nitrogens is 1. The summed E-state index contributed by atoms with van der Waals surface area (Å²) in [6.07, 6.45) is 1.18. The molecule has 1 amide bonds. The molecule has 8 heteroatoms. The first kappa shape index (κ1) is 13.4. The summed E-state index contributed by atoms with van der Waals surface area (Å²) in [4.78, 5) is 18.4. The molecule has 0 aromatic carbocycles. The van der Waals surface area contributed by atoms with Gasteiger partial charge in [0.15, 0.2) is 0 Å². The molecular weight excluding hydrogens is 274 g/mol. The van der Waals surface area contributed by atoms with Crippen LogP contribution in [0.5, 0.6) is 0 Å². The van der Waals surface area contributed by atoms with E-state index >= 15 is 0 Å².